The molecule has 1 N–H and O–H groups in total. The maximum Gasteiger partial charge on any atom is 0.185 e. The van der Waals surface area contributed by atoms with Gasteiger partial charge in [-0.25, -0.2) is 0 Å². The highest BCUT2D eigenvalue weighted by molar-refractivity contribution is 5.51. The van der Waals surface area contributed by atoms with Crippen molar-refractivity contribution in [3.63, 3.8) is 0 Å². The first-order valence-electron chi connectivity index (χ1n) is 7.92. The summed E-state index contributed by atoms with van der Waals surface area (Å²) >= 11 is 0. The van der Waals surface area contributed by atoms with Gasteiger partial charge in [-0.1, -0.05) is 17.3 Å². The lowest BCUT2D eigenvalue weighted by Crippen LogP contribution is -2.61. The monoisotopic (exact) mass is 322 g/mol. The smallest absolute Gasteiger partial charge is 0.185 e. The fourth-order valence-corrected chi connectivity index (χ4v) is 2.78. The molecule has 4 rings (SSSR count). The lowest BCUT2D eigenvalue weighted by Gasteiger charge is -2.42. The maximum absolute atomic E-state index is 5.44. The number of pyridine rings is 2. The summed E-state index contributed by atoms with van der Waals surface area (Å²) < 4.78 is 10.9. The van der Waals surface area contributed by atoms with Crippen molar-refractivity contribution in [3.05, 3.63) is 66.2 Å². The van der Waals surface area contributed by atoms with Crippen LogP contribution in [0.5, 0.6) is 0 Å². The molecule has 0 radical (unpaired) electrons. The Balaban J connectivity index is 1.44. The molecule has 6 nitrogen and oxygen atoms in total. The van der Waals surface area contributed by atoms with Crippen LogP contribution in [0.4, 0.5) is 0 Å². The minimum Gasteiger partial charge on any atom is -0.377 e. The quantitative estimate of drug-likeness (QED) is 0.750. The Morgan fingerprint density at radius 3 is 2.79 bits per heavy atom. The van der Waals surface area contributed by atoms with Crippen LogP contribution >= 0.6 is 0 Å². The Labute approximate surface area is 139 Å². The normalized spacial score (nSPS) is 15.8. The van der Waals surface area contributed by atoms with Gasteiger partial charge in [-0.05, 0) is 23.8 Å². The van der Waals surface area contributed by atoms with Crippen LogP contribution in [-0.4, -0.2) is 33.9 Å². The van der Waals surface area contributed by atoms with Gasteiger partial charge in [-0.15, -0.1) is 0 Å². The molecule has 0 saturated carbocycles. The molecule has 0 amide bonds. The van der Waals surface area contributed by atoms with Crippen molar-refractivity contribution in [1.29, 1.82) is 0 Å². The Morgan fingerprint density at radius 1 is 1.12 bits per heavy atom. The number of ether oxygens (including phenoxy) is 1. The summed E-state index contributed by atoms with van der Waals surface area (Å²) in [6, 6.07) is 11.7. The van der Waals surface area contributed by atoms with E-state index in [1.165, 1.54) is 0 Å². The minimum atomic E-state index is -0.103. The summed E-state index contributed by atoms with van der Waals surface area (Å²) in [5.41, 5.74) is 2.74. The third-order valence-electron chi connectivity index (χ3n) is 4.14. The summed E-state index contributed by atoms with van der Waals surface area (Å²) in [5.74, 6) is 0.688. The van der Waals surface area contributed by atoms with E-state index >= 15 is 0 Å². The van der Waals surface area contributed by atoms with Crippen LogP contribution in [0.25, 0.3) is 11.5 Å². The zero-order chi connectivity index (χ0) is 16.2. The second kappa shape index (κ2) is 6.51. The number of aromatic nitrogens is 3. The van der Waals surface area contributed by atoms with E-state index in [-0.39, 0.29) is 5.54 Å². The molecule has 1 fully saturated rings. The van der Waals surface area contributed by atoms with Gasteiger partial charge in [-0.2, -0.15) is 0 Å². The zero-order valence-electron chi connectivity index (χ0n) is 13.2. The summed E-state index contributed by atoms with van der Waals surface area (Å²) in [7, 11) is 0. The highest BCUT2D eigenvalue weighted by Gasteiger charge is 2.39. The predicted octanol–water partition coefficient (Wildman–Crippen LogP) is 2.23. The molecule has 1 aliphatic heterocycles. The molecule has 1 aliphatic rings. The van der Waals surface area contributed by atoms with Crippen LogP contribution in [0, 0.1) is 0 Å². The molecular formula is C18H18N4O2. The van der Waals surface area contributed by atoms with Crippen molar-refractivity contribution in [3.8, 4) is 11.5 Å². The molecule has 4 heterocycles. The molecule has 0 aromatic carbocycles. The van der Waals surface area contributed by atoms with Crippen molar-refractivity contribution in [2.45, 2.75) is 18.5 Å². The van der Waals surface area contributed by atoms with Gasteiger partial charge in [0.05, 0.1) is 24.4 Å². The van der Waals surface area contributed by atoms with Gasteiger partial charge in [0.2, 0.25) is 0 Å². The fourth-order valence-electron chi connectivity index (χ4n) is 2.78. The average molecular weight is 322 g/mol. The van der Waals surface area contributed by atoms with E-state index in [1.807, 2.05) is 36.5 Å². The van der Waals surface area contributed by atoms with Crippen molar-refractivity contribution in [2.24, 2.45) is 0 Å². The first kappa shape index (κ1) is 15.0. The summed E-state index contributed by atoms with van der Waals surface area (Å²) in [6.07, 6.45) is 6.15. The van der Waals surface area contributed by atoms with Crippen molar-refractivity contribution in [2.75, 3.05) is 13.2 Å². The van der Waals surface area contributed by atoms with Gasteiger partial charge in [-0.3, -0.25) is 9.97 Å². The first-order chi connectivity index (χ1) is 11.8. The predicted molar refractivity (Wildman–Crippen MR) is 88.1 cm³/mol. The van der Waals surface area contributed by atoms with Gasteiger partial charge in [0.25, 0.3) is 0 Å². The standard InChI is InChI=1S/C18H18N4O2/c1-2-7-20-16(5-1)17-8-15(22-24-17)9-18(12-23-13-18)21-11-14-4-3-6-19-10-14/h1-8,10,21H,9,11-13H2. The lowest BCUT2D eigenvalue weighted by molar-refractivity contribution is -0.0755. The topological polar surface area (TPSA) is 73.1 Å². The number of hydrogen-bond acceptors (Lipinski definition) is 6. The first-order valence-corrected chi connectivity index (χ1v) is 7.92. The van der Waals surface area contributed by atoms with E-state index in [2.05, 4.69) is 26.5 Å². The molecule has 122 valence electrons. The van der Waals surface area contributed by atoms with Gasteiger partial charge >= 0.3 is 0 Å². The zero-order valence-corrected chi connectivity index (χ0v) is 13.2. The van der Waals surface area contributed by atoms with Gasteiger partial charge in [0.1, 0.15) is 5.69 Å². The third-order valence-corrected chi connectivity index (χ3v) is 4.14. The molecule has 0 atom stereocenters. The highest BCUT2D eigenvalue weighted by atomic mass is 16.5. The number of nitrogens with one attached hydrogen (secondary N) is 1. The molecule has 3 aromatic heterocycles. The van der Waals surface area contributed by atoms with Gasteiger partial charge < -0.3 is 14.6 Å². The lowest BCUT2D eigenvalue weighted by atomic mass is 9.91. The van der Waals surface area contributed by atoms with Crippen LogP contribution in [0.1, 0.15) is 11.3 Å². The van der Waals surface area contributed by atoms with E-state index < -0.39 is 0 Å². The van der Waals surface area contributed by atoms with Crippen molar-refractivity contribution in [1.82, 2.24) is 20.4 Å². The molecule has 3 aromatic rings. The molecule has 1 saturated heterocycles. The molecule has 0 aliphatic carbocycles. The van der Waals surface area contributed by atoms with Crippen LogP contribution in [-0.2, 0) is 17.7 Å². The van der Waals surface area contributed by atoms with E-state index in [0.717, 1.165) is 29.9 Å². The number of rotatable bonds is 6. The number of hydrogen-bond donors (Lipinski definition) is 1. The summed E-state index contributed by atoms with van der Waals surface area (Å²) in [4.78, 5) is 8.43. The van der Waals surface area contributed by atoms with Crippen molar-refractivity contribution >= 4 is 0 Å². The summed E-state index contributed by atoms with van der Waals surface area (Å²) in [6.45, 7) is 2.08. The Hall–Kier alpha value is -2.57. The second-order valence-corrected chi connectivity index (χ2v) is 6.06. The second-order valence-electron chi connectivity index (χ2n) is 6.06. The molecule has 6 heteroatoms. The van der Waals surface area contributed by atoms with Crippen LogP contribution < -0.4 is 5.32 Å². The Kier molecular flexibility index (Phi) is 4.06. The number of nitrogens with zero attached hydrogens (tertiary/aromatic N) is 3. The molecule has 0 unspecified atom stereocenters. The van der Waals surface area contributed by atoms with Crippen molar-refractivity contribution < 1.29 is 9.26 Å². The molecular weight excluding hydrogens is 304 g/mol. The van der Waals surface area contributed by atoms with E-state index in [1.54, 1.807) is 12.4 Å². The maximum atomic E-state index is 5.44. The average Bonchev–Trinajstić information content (AvgIpc) is 3.07. The molecule has 0 spiro atoms. The van der Waals surface area contributed by atoms with Gasteiger partial charge in [0.15, 0.2) is 5.76 Å². The van der Waals surface area contributed by atoms with E-state index in [9.17, 15) is 0 Å². The molecule has 24 heavy (non-hydrogen) atoms. The largest absolute Gasteiger partial charge is 0.377 e. The van der Waals surface area contributed by atoms with Crippen LogP contribution in [0.2, 0.25) is 0 Å². The fraction of sp³-hybridized carbons (Fsp3) is 0.278. The summed E-state index contributed by atoms with van der Waals surface area (Å²) in [5, 5.41) is 7.78. The third kappa shape index (κ3) is 3.20. The van der Waals surface area contributed by atoms with E-state index in [4.69, 9.17) is 9.26 Å². The van der Waals surface area contributed by atoms with E-state index in [0.29, 0.717) is 19.0 Å². The highest BCUT2D eigenvalue weighted by Crippen LogP contribution is 2.25. The Morgan fingerprint density at radius 2 is 2.08 bits per heavy atom. The van der Waals surface area contributed by atoms with Gasteiger partial charge in [0, 0.05) is 37.6 Å². The SMILES string of the molecule is c1ccc(-c2cc(CC3(NCc4cccnc4)COC3)no2)nc1. The minimum absolute atomic E-state index is 0.103. The molecule has 0 bridgehead atoms. The van der Waals surface area contributed by atoms with Crippen LogP contribution in [0.15, 0.2) is 59.5 Å². The Bertz CT molecular complexity index is 785. The van der Waals surface area contributed by atoms with Crippen LogP contribution in [0.3, 0.4) is 0 Å².